The maximum absolute atomic E-state index is 5.99. The number of rotatable bonds is 3. The minimum atomic E-state index is 0.331. The highest BCUT2D eigenvalue weighted by atomic mass is 16.5. The summed E-state index contributed by atoms with van der Waals surface area (Å²) in [7, 11) is 0. The first kappa shape index (κ1) is 10.9. The number of benzene rings is 1. The van der Waals surface area contributed by atoms with E-state index >= 15 is 0 Å². The van der Waals surface area contributed by atoms with Crippen molar-refractivity contribution in [3.8, 4) is 5.75 Å². The van der Waals surface area contributed by atoms with E-state index in [2.05, 4.69) is 28.4 Å². The zero-order valence-corrected chi connectivity index (χ0v) is 9.89. The maximum Gasteiger partial charge on any atom is 0.143 e. The Morgan fingerprint density at radius 2 is 1.94 bits per heavy atom. The van der Waals surface area contributed by atoms with Crippen molar-refractivity contribution in [3.63, 3.8) is 0 Å². The predicted molar refractivity (Wildman–Crippen MR) is 66.8 cm³/mol. The third-order valence-electron chi connectivity index (χ3n) is 3.25. The third-order valence-corrected chi connectivity index (χ3v) is 3.25. The van der Waals surface area contributed by atoms with Crippen molar-refractivity contribution in [1.29, 1.82) is 0 Å². The van der Waals surface area contributed by atoms with E-state index in [1.54, 1.807) is 0 Å². The highest BCUT2D eigenvalue weighted by Crippen LogP contribution is 2.29. The summed E-state index contributed by atoms with van der Waals surface area (Å²) in [6.07, 6.45) is 0.331. The summed E-state index contributed by atoms with van der Waals surface area (Å²) in [5.74, 6) is 1.00. The smallest absolute Gasteiger partial charge is 0.143 e. The molecule has 2 aliphatic heterocycles. The van der Waals surface area contributed by atoms with E-state index in [0.717, 1.165) is 45.1 Å². The Hall–Kier alpha value is -1.26. The van der Waals surface area contributed by atoms with Crippen LogP contribution in [0.2, 0.25) is 0 Å². The molecule has 2 heterocycles. The Labute approximate surface area is 102 Å². The average molecular weight is 234 g/mol. The second-order valence-corrected chi connectivity index (χ2v) is 4.47. The van der Waals surface area contributed by atoms with E-state index < -0.39 is 0 Å². The van der Waals surface area contributed by atoms with Crippen molar-refractivity contribution >= 4 is 5.69 Å². The van der Waals surface area contributed by atoms with Crippen LogP contribution in [0.4, 0.5) is 5.69 Å². The molecule has 4 heteroatoms. The molecule has 92 valence electrons. The lowest BCUT2D eigenvalue weighted by Crippen LogP contribution is -2.50. The predicted octanol–water partition coefficient (Wildman–Crippen LogP) is 0.874. The van der Waals surface area contributed by atoms with Gasteiger partial charge in [-0.05, 0) is 12.1 Å². The van der Waals surface area contributed by atoms with Crippen LogP contribution >= 0.6 is 0 Å². The quantitative estimate of drug-likeness (QED) is 0.841. The lowest BCUT2D eigenvalue weighted by Gasteiger charge is -2.33. The van der Waals surface area contributed by atoms with E-state index in [0.29, 0.717) is 6.10 Å². The van der Waals surface area contributed by atoms with Crippen LogP contribution < -0.4 is 15.0 Å². The van der Waals surface area contributed by atoms with Gasteiger partial charge in [0.1, 0.15) is 11.9 Å². The Morgan fingerprint density at radius 1 is 1.18 bits per heavy atom. The molecule has 0 aromatic heterocycles. The molecule has 1 aromatic carbocycles. The summed E-state index contributed by atoms with van der Waals surface area (Å²) < 4.78 is 11.4. The van der Waals surface area contributed by atoms with Gasteiger partial charge >= 0.3 is 0 Å². The summed E-state index contributed by atoms with van der Waals surface area (Å²) >= 11 is 0. The summed E-state index contributed by atoms with van der Waals surface area (Å²) in [6, 6.07) is 8.29. The van der Waals surface area contributed by atoms with Gasteiger partial charge in [-0.2, -0.15) is 0 Å². The van der Waals surface area contributed by atoms with Gasteiger partial charge in [0.15, 0.2) is 0 Å². The van der Waals surface area contributed by atoms with Gasteiger partial charge in [0.25, 0.3) is 0 Å². The van der Waals surface area contributed by atoms with Gasteiger partial charge < -0.3 is 19.7 Å². The van der Waals surface area contributed by atoms with Gasteiger partial charge in [-0.3, -0.25) is 0 Å². The summed E-state index contributed by atoms with van der Waals surface area (Å²) in [4.78, 5) is 2.34. The van der Waals surface area contributed by atoms with E-state index in [1.807, 2.05) is 6.07 Å². The van der Waals surface area contributed by atoms with Crippen molar-refractivity contribution in [3.05, 3.63) is 24.3 Å². The molecule has 0 bridgehead atoms. The molecule has 1 aromatic rings. The van der Waals surface area contributed by atoms with Gasteiger partial charge in [0.05, 0.1) is 18.9 Å². The monoisotopic (exact) mass is 234 g/mol. The molecule has 0 saturated carbocycles. The van der Waals surface area contributed by atoms with Crippen LogP contribution in [0.25, 0.3) is 0 Å². The molecule has 2 fully saturated rings. The van der Waals surface area contributed by atoms with E-state index in [9.17, 15) is 0 Å². The molecule has 2 saturated heterocycles. The van der Waals surface area contributed by atoms with E-state index in [4.69, 9.17) is 9.47 Å². The molecule has 2 aliphatic rings. The number of anilines is 1. The lowest BCUT2D eigenvalue weighted by molar-refractivity contribution is 0.120. The number of nitrogens with one attached hydrogen (secondary N) is 1. The Bertz CT molecular complexity index is 373. The normalized spacial score (nSPS) is 21.1. The van der Waals surface area contributed by atoms with Gasteiger partial charge in [0.2, 0.25) is 0 Å². The van der Waals surface area contributed by atoms with Crippen molar-refractivity contribution in [1.82, 2.24) is 5.32 Å². The van der Waals surface area contributed by atoms with Crippen LogP contribution in [0.15, 0.2) is 24.3 Å². The first-order valence-electron chi connectivity index (χ1n) is 6.22. The molecule has 1 N–H and O–H groups in total. The van der Waals surface area contributed by atoms with Crippen molar-refractivity contribution in [2.45, 2.75) is 6.10 Å². The Kier molecular flexibility index (Phi) is 3.16. The van der Waals surface area contributed by atoms with Crippen LogP contribution in [0.1, 0.15) is 0 Å². The molecular weight excluding hydrogens is 216 g/mol. The summed E-state index contributed by atoms with van der Waals surface area (Å²) in [6.45, 7) is 5.42. The second kappa shape index (κ2) is 4.94. The fourth-order valence-corrected chi connectivity index (χ4v) is 2.15. The van der Waals surface area contributed by atoms with Crippen LogP contribution in [-0.4, -0.2) is 45.5 Å². The summed E-state index contributed by atoms with van der Waals surface area (Å²) in [5.41, 5.74) is 1.20. The van der Waals surface area contributed by atoms with Gasteiger partial charge in [0, 0.05) is 26.2 Å². The highest BCUT2D eigenvalue weighted by Gasteiger charge is 2.21. The fraction of sp³-hybridized carbons (Fsp3) is 0.538. The maximum atomic E-state index is 5.99. The van der Waals surface area contributed by atoms with Gasteiger partial charge in [-0.1, -0.05) is 12.1 Å². The molecule has 17 heavy (non-hydrogen) atoms. The SMILES string of the molecule is c1ccc(N2CCOCC2)c(OC2CNC2)c1. The zero-order valence-electron chi connectivity index (χ0n) is 9.89. The van der Waals surface area contributed by atoms with Crippen LogP contribution in [0.5, 0.6) is 5.75 Å². The Morgan fingerprint density at radius 3 is 2.65 bits per heavy atom. The topological polar surface area (TPSA) is 33.7 Å². The minimum absolute atomic E-state index is 0.331. The molecule has 3 rings (SSSR count). The average Bonchev–Trinajstić information content (AvgIpc) is 2.35. The Balaban J connectivity index is 1.76. The number of morpholine rings is 1. The zero-order chi connectivity index (χ0) is 11.5. The molecule has 0 amide bonds. The van der Waals surface area contributed by atoms with Gasteiger partial charge in [-0.25, -0.2) is 0 Å². The van der Waals surface area contributed by atoms with Crippen molar-refractivity contribution in [2.24, 2.45) is 0 Å². The van der Waals surface area contributed by atoms with Crippen molar-refractivity contribution in [2.75, 3.05) is 44.3 Å². The highest BCUT2D eigenvalue weighted by molar-refractivity contribution is 5.58. The fourth-order valence-electron chi connectivity index (χ4n) is 2.15. The molecule has 0 spiro atoms. The molecule has 4 nitrogen and oxygen atoms in total. The van der Waals surface area contributed by atoms with Crippen LogP contribution in [-0.2, 0) is 4.74 Å². The van der Waals surface area contributed by atoms with Crippen LogP contribution in [0, 0.1) is 0 Å². The van der Waals surface area contributed by atoms with E-state index in [-0.39, 0.29) is 0 Å². The third kappa shape index (κ3) is 2.37. The molecule has 0 radical (unpaired) electrons. The van der Waals surface area contributed by atoms with E-state index in [1.165, 1.54) is 5.69 Å². The number of hydrogen-bond acceptors (Lipinski definition) is 4. The number of ether oxygens (including phenoxy) is 2. The number of nitrogens with zero attached hydrogens (tertiary/aromatic N) is 1. The van der Waals surface area contributed by atoms with Gasteiger partial charge in [-0.15, -0.1) is 0 Å². The standard InChI is InChI=1S/C13H18N2O2/c1-2-4-13(17-11-9-14-10-11)12(3-1)15-5-7-16-8-6-15/h1-4,11,14H,5-10H2. The van der Waals surface area contributed by atoms with Crippen LogP contribution in [0.3, 0.4) is 0 Å². The molecule has 0 unspecified atom stereocenters. The number of para-hydroxylation sites is 2. The number of hydrogen-bond donors (Lipinski definition) is 1. The first-order chi connectivity index (χ1) is 8.43. The lowest BCUT2D eigenvalue weighted by atomic mass is 10.2. The summed E-state index contributed by atoms with van der Waals surface area (Å²) in [5, 5.41) is 3.22. The molecule has 0 aliphatic carbocycles. The largest absolute Gasteiger partial charge is 0.486 e. The molecular formula is C13H18N2O2. The van der Waals surface area contributed by atoms with Crippen molar-refractivity contribution < 1.29 is 9.47 Å². The minimum Gasteiger partial charge on any atom is -0.486 e. The second-order valence-electron chi connectivity index (χ2n) is 4.47. The first-order valence-corrected chi connectivity index (χ1v) is 6.22. The molecule has 0 atom stereocenters.